The predicted octanol–water partition coefficient (Wildman–Crippen LogP) is 7.96. The minimum Gasteiger partial charge on any atom is -0.462 e. The van der Waals surface area contributed by atoms with Gasteiger partial charge in [-0.05, 0) is 78.2 Å². The summed E-state index contributed by atoms with van der Waals surface area (Å²) in [6, 6.07) is 4.43. The summed E-state index contributed by atoms with van der Waals surface area (Å²) in [5.41, 5.74) is -0.285. The highest BCUT2D eigenvalue weighted by Gasteiger charge is 2.61. The number of benzene rings is 1. The molecule has 52 heavy (non-hydrogen) atoms. The topological polar surface area (TPSA) is 124 Å². The lowest BCUT2D eigenvalue weighted by Gasteiger charge is -2.42. The van der Waals surface area contributed by atoms with Gasteiger partial charge in [0.05, 0.1) is 36.3 Å². The number of carbonyl (C=O) groups excluding carboxylic acids is 2. The second kappa shape index (κ2) is 14.1. The Bertz CT molecular complexity index is 1780. The molecule has 0 saturated carbocycles. The molecule has 1 aromatic carbocycles. The Hall–Kier alpha value is -4.01. The Balaban J connectivity index is 1.59. The summed E-state index contributed by atoms with van der Waals surface area (Å²) in [7, 11) is -2.16. The monoisotopic (exact) mass is 739 g/mol. The van der Waals surface area contributed by atoms with Crippen molar-refractivity contribution in [2.45, 2.75) is 122 Å². The molecule has 1 spiro atoms. The van der Waals surface area contributed by atoms with Crippen molar-refractivity contribution >= 4 is 31.7 Å². The third-order valence-electron chi connectivity index (χ3n) is 10.1. The minimum atomic E-state index is -3.16. The van der Waals surface area contributed by atoms with Crippen LogP contribution in [-0.4, -0.2) is 78.2 Å². The molecule has 1 unspecified atom stereocenters. The summed E-state index contributed by atoms with van der Waals surface area (Å²) >= 11 is 0. The fourth-order valence-electron chi connectivity index (χ4n) is 7.00. The van der Waals surface area contributed by atoms with Crippen molar-refractivity contribution in [1.29, 1.82) is 0 Å². The number of hydrogen-bond donors (Lipinski definition) is 1. The molecule has 5 rings (SSSR count). The lowest BCUT2D eigenvalue weighted by molar-refractivity contribution is -0.0508. The van der Waals surface area contributed by atoms with Crippen LogP contribution in [0.4, 0.5) is 13.6 Å². The van der Waals surface area contributed by atoms with Gasteiger partial charge in [0.15, 0.2) is 14.1 Å². The normalized spacial score (nSPS) is 22.0. The van der Waals surface area contributed by atoms with Crippen molar-refractivity contribution in [2.24, 2.45) is 4.99 Å². The van der Waals surface area contributed by atoms with E-state index in [1.165, 1.54) is 18.2 Å². The third-order valence-corrected chi connectivity index (χ3v) is 14.7. The smallest absolute Gasteiger partial charge is 0.408 e. The highest BCUT2D eigenvalue weighted by atomic mass is 28.4. The first-order valence-corrected chi connectivity index (χ1v) is 20.5. The first-order chi connectivity index (χ1) is 24.1. The average molecular weight is 740 g/mol. The van der Waals surface area contributed by atoms with Crippen LogP contribution < -0.4 is 10.1 Å². The van der Waals surface area contributed by atoms with Crippen molar-refractivity contribution in [3.8, 4) is 5.75 Å². The average Bonchev–Trinajstić information content (AvgIpc) is 3.54. The summed E-state index contributed by atoms with van der Waals surface area (Å²) in [5.74, 6) is -1.01. The van der Waals surface area contributed by atoms with Gasteiger partial charge in [0, 0.05) is 35.0 Å². The second-order valence-electron chi connectivity index (χ2n) is 16.3. The van der Waals surface area contributed by atoms with E-state index in [9.17, 15) is 18.4 Å². The van der Waals surface area contributed by atoms with Gasteiger partial charge in [-0.2, -0.15) is 8.78 Å². The van der Waals surface area contributed by atoms with Crippen molar-refractivity contribution < 1.29 is 37.0 Å². The number of hydrogen-bond acceptors (Lipinski definition) is 10. The van der Waals surface area contributed by atoms with Crippen molar-refractivity contribution in [3.05, 3.63) is 71.3 Å². The van der Waals surface area contributed by atoms with Crippen LogP contribution in [0.5, 0.6) is 5.75 Å². The van der Waals surface area contributed by atoms with Gasteiger partial charge in [0.25, 0.3) is 0 Å². The molecule has 1 N–H and O–H groups in total. The number of alkyl halides is 2. The van der Waals surface area contributed by atoms with Crippen LogP contribution in [0, 0.1) is 0 Å². The first kappa shape index (κ1) is 39.2. The largest absolute Gasteiger partial charge is 0.462 e. The zero-order valence-electron chi connectivity index (χ0n) is 32.0. The molecular formula is C38H51F2N5O6Si. The van der Waals surface area contributed by atoms with E-state index in [1.54, 1.807) is 40.1 Å². The summed E-state index contributed by atoms with van der Waals surface area (Å²) < 4.78 is 50.6. The number of ether oxygens (including phenoxy) is 3. The van der Waals surface area contributed by atoms with E-state index in [4.69, 9.17) is 33.6 Å². The first-order valence-electron chi connectivity index (χ1n) is 17.6. The van der Waals surface area contributed by atoms with Gasteiger partial charge in [-0.3, -0.25) is 4.99 Å². The molecule has 0 radical (unpaired) electrons. The Labute approximate surface area is 306 Å². The van der Waals surface area contributed by atoms with Crippen LogP contribution in [0.25, 0.3) is 5.57 Å². The zero-order valence-corrected chi connectivity index (χ0v) is 33.0. The maximum Gasteiger partial charge on any atom is 0.408 e. The number of aliphatic imine (C=N–C) groups is 1. The summed E-state index contributed by atoms with van der Waals surface area (Å²) in [6.07, 6.45) is 8.08. The molecular weight excluding hydrogens is 689 g/mol. The van der Waals surface area contributed by atoms with E-state index in [2.05, 4.69) is 39.2 Å². The number of nitrogens with zero attached hydrogens (tertiary/aromatic N) is 4. The molecule has 3 atom stereocenters. The maximum absolute atomic E-state index is 13.9. The van der Waals surface area contributed by atoms with Gasteiger partial charge in [0.1, 0.15) is 17.0 Å². The molecule has 0 bridgehead atoms. The van der Waals surface area contributed by atoms with Gasteiger partial charge in [0.2, 0.25) is 0 Å². The molecule has 3 aliphatic rings. The predicted molar refractivity (Wildman–Crippen MR) is 197 cm³/mol. The van der Waals surface area contributed by atoms with Crippen molar-refractivity contribution in [3.63, 3.8) is 0 Å². The number of nitrogens with one attached hydrogen (secondary N) is 1. The Kier molecular flexibility index (Phi) is 10.6. The lowest BCUT2D eigenvalue weighted by Crippen LogP contribution is -2.54. The Morgan fingerprint density at radius 1 is 1.08 bits per heavy atom. The quantitative estimate of drug-likeness (QED) is 0.191. The molecule has 2 aliphatic heterocycles. The van der Waals surface area contributed by atoms with E-state index in [0.29, 0.717) is 22.7 Å². The molecule has 14 heteroatoms. The highest BCUT2D eigenvalue weighted by Crippen LogP contribution is 2.55. The van der Waals surface area contributed by atoms with Crippen molar-refractivity contribution in [1.82, 2.24) is 20.2 Å². The Morgan fingerprint density at radius 3 is 2.35 bits per heavy atom. The van der Waals surface area contributed by atoms with Crippen LogP contribution >= 0.6 is 0 Å². The number of carbonyl (C=O) groups is 2. The minimum absolute atomic E-state index is 0.00952. The fraction of sp³-hybridized carbons (Fsp3) is 0.553. The second-order valence-corrected chi connectivity index (χ2v) is 21.0. The SMILES string of the molecule is CCOC(=O)c1cccc(OC(F)F)c1[C@H]1C[C@H](NC(=O)OC(C)(C)C)N2CN=C3C(c4cnc(C(C)(C)O[Si](C)(C)C(C)(C)C)nc4)=CC=CC312. The number of halogens is 2. The molecule has 2 aromatic rings. The zero-order chi connectivity index (χ0) is 38.4. The molecule has 1 saturated heterocycles. The highest BCUT2D eigenvalue weighted by molar-refractivity contribution is 6.74. The van der Waals surface area contributed by atoms with Crippen LogP contribution in [-0.2, 0) is 19.5 Å². The summed E-state index contributed by atoms with van der Waals surface area (Å²) in [6.45, 7) is 18.9. The van der Waals surface area contributed by atoms with Gasteiger partial charge in [-0.15, -0.1) is 0 Å². The number of alkyl carbamates (subject to hydrolysis) is 1. The third kappa shape index (κ3) is 7.56. The molecule has 1 amide bonds. The standard InChI is InChI=1S/C38H51F2N5O6Si/c1-12-48-31(46)25-15-13-17-27(49-33(39)40)29(25)26-19-28(44-34(47)50-35(2,3)4)45-22-43-30-24(16-14-18-38(26,30)45)23-20-41-32(42-21-23)37(8,9)51-52(10,11)36(5,6)7/h13-18,20-21,26,28,33H,12,19,22H2,1-11H3,(H,44,47)/t26-,28-,38?/m1/s1. The summed E-state index contributed by atoms with van der Waals surface area (Å²) in [4.78, 5) is 43.1. The maximum atomic E-state index is 13.9. The van der Waals surface area contributed by atoms with E-state index < -0.39 is 55.8 Å². The molecule has 1 fully saturated rings. The van der Waals surface area contributed by atoms with Crippen molar-refractivity contribution in [2.75, 3.05) is 13.3 Å². The van der Waals surface area contributed by atoms with E-state index in [1.807, 2.05) is 37.0 Å². The fourth-order valence-corrected chi connectivity index (χ4v) is 8.67. The number of allylic oxidation sites excluding steroid dienone is 2. The van der Waals surface area contributed by atoms with E-state index in [-0.39, 0.29) is 41.6 Å². The van der Waals surface area contributed by atoms with Gasteiger partial charge >= 0.3 is 18.7 Å². The van der Waals surface area contributed by atoms with Crippen LogP contribution in [0.3, 0.4) is 0 Å². The van der Waals surface area contributed by atoms with Gasteiger partial charge < -0.3 is 24.0 Å². The van der Waals surface area contributed by atoms with E-state index in [0.717, 1.165) is 0 Å². The number of esters is 1. The van der Waals surface area contributed by atoms with Crippen LogP contribution in [0.2, 0.25) is 18.1 Å². The van der Waals surface area contributed by atoms with Crippen LogP contribution in [0.15, 0.2) is 53.8 Å². The van der Waals surface area contributed by atoms with Crippen LogP contribution in [0.1, 0.15) is 102 Å². The van der Waals surface area contributed by atoms with E-state index >= 15 is 0 Å². The number of aromatic nitrogens is 2. The lowest BCUT2D eigenvalue weighted by atomic mass is 9.71. The van der Waals surface area contributed by atoms with Gasteiger partial charge in [-0.25, -0.2) is 24.5 Å². The number of rotatable bonds is 10. The van der Waals surface area contributed by atoms with Gasteiger partial charge in [-0.1, -0.05) is 45.1 Å². The molecule has 3 heterocycles. The molecule has 11 nitrogen and oxygen atoms in total. The molecule has 1 aromatic heterocycles. The molecule has 282 valence electrons. The summed E-state index contributed by atoms with van der Waals surface area (Å²) in [5, 5.41) is 2.96. The Morgan fingerprint density at radius 2 is 1.75 bits per heavy atom. The molecule has 1 aliphatic carbocycles. The number of amides is 1.